The van der Waals surface area contributed by atoms with Crippen LogP contribution in [-0.2, 0) is 26.0 Å². The van der Waals surface area contributed by atoms with E-state index in [1.165, 1.54) is 24.1 Å². The van der Waals surface area contributed by atoms with Gasteiger partial charge in [-0.25, -0.2) is 8.42 Å². The molecule has 9 heteroatoms. The summed E-state index contributed by atoms with van der Waals surface area (Å²) in [5.74, 6) is -0.181. The Morgan fingerprint density at radius 3 is 2.10 bits per heavy atom. The number of carbonyl (C=O) groups is 2. The summed E-state index contributed by atoms with van der Waals surface area (Å²) in [5.41, 5.74) is 2.34. The number of sulfonamides is 1. The molecule has 0 aliphatic rings. The number of hydrogen-bond acceptors (Lipinski definition) is 5. The minimum Gasteiger partial charge on any atom is -0.497 e. The topological polar surface area (TPSA) is 96.0 Å². The second-order valence-corrected chi connectivity index (χ2v) is 11.9. The van der Waals surface area contributed by atoms with E-state index >= 15 is 0 Å². The zero-order valence-electron chi connectivity index (χ0n) is 24.5. The van der Waals surface area contributed by atoms with Crippen molar-refractivity contribution in [2.24, 2.45) is 0 Å². The summed E-state index contributed by atoms with van der Waals surface area (Å²) in [5, 5.41) is 3.00. The zero-order chi connectivity index (χ0) is 30.0. The van der Waals surface area contributed by atoms with Crippen LogP contribution < -0.4 is 14.4 Å². The van der Waals surface area contributed by atoms with Crippen molar-refractivity contribution in [1.82, 2.24) is 10.2 Å². The van der Waals surface area contributed by atoms with Gasteiger partial charge in [0, 0.05) is 12.6 Å². The summed E-state index contributed by atoms with van der Waals surface area (Å²) in [6, 6.07) is 21.9. The Morgan fingerprint density at radius 1 is 0.902 bits per heavy atom. The van der Waals surface area contributed by atoms with Gasteiger partial charge in [0.05, 0.1) is 17.7 Å². The van der Waals surface area contributed by atoms with E-state index in [9.17, 15) is 18.0 Å². The van der Waals surface area contributed by atoms with E-state index in [-0.39, 0.29) is 23.4 Å². The fourth-order valence-corrected chi connectivity index (χ4v) is 5.87. The van der Waals surface area contributed by atoms with Gasteiger partial charge in [-0.1, -0.05) is 61.9 Å². The molecule has 0 saturated carbocycles. The molecule has 1 N–H and O–H groups in total. The molecule has 0 heterocycles. The van der Waals surface area contributed by atoms with Crippen molar-refractivity contribution in [3.05, 3.63) is 90.0 Å². The predicted octanol–water partition coefficient (Wildman–Crippen LogP) is 4.96. The highest BCUT2D eigenvalue weighted by Crippen LogP contribution is 2.26. The molecule has 0 bridgehead atoms. The number of methoxy groups -OCH3 is 1. The summed E-state index contributed by atoms with van der Waals surface area (Å²) in [7, 11) is -2.63. The second kappa shape index (κ2) is 14.7. The van der Waals surface area contributed by atoms with Crippen LogP contribution in [-0.4, -0.2) is 57.4 Å². The summed E-state index contributed by atoms with van der Waals surface area (Å²) >= 11 is 0. The molecule has 3 aromatic carbocycles. The third-order valence-electron chi connectivity index (χ3n) is 7.12. The highest BCUT2D eigenvalue weighted by atomic mass is 32.2. The maximum absolute atomic E-state index is 14.1. The number of ether oxygens (including phenoxy) is 1. The molecule has 3 rings (SSSR count). The van der Waals surface area contributed by atoms with Crippen LogP contribution in [0.1, 0.15) is 44.7 Å². The van der Waals surface area contributed by atoms with Crippen molar-refractivity contribution in [2.45, 2.75) is 63.9 Å². The summed E-state index contributed by atoms with van der Waals surface area (Å²) in [6.07, 6.45) is 1.66. The van der Waals surface area contributed by atoms with Crippen LogP contribution in [0.3, 0.4) is 0 Å². The van der Waals surface area contributed by atoms with Crippen LogP contribution in [0.5, 0.6) is 5.75 Å². The van der Waals surface area contributed by atoms with Crippen molar-refractivity contribution >= 4 is 27.5 Å². The van der Waals surface area contributed by atoms with Crippen LogP contribution in [0.4, 0.5) is 5.69 Å². The van der Waals surface area contributed by atoms with E-state index in [1.807, 2.05) is 58.0 Å². The van der Waals surface area contributed by atoms with Gasteiger partial charge >= 0.3 is 0 Å². The lowest BCUT2D eigenvalue weighted by molar-refractivity contribution is -0.139. The van der Waals surface area contributed by atoms with Crippen LogP contribution in [0.15, 0.2) is 83.8 Å². The molecule has 0 aromatic heterocycles. The fraction of sp³-hybridized carbons (Fsp3) is 0.375. The number of amides is 2. The first kappa shape index (κ1) is 31.7. The number of benzene rings is 3. The fourth-order valence-electron chi connectivity index (χ4n) is 4.45. The van der Waals surface area contributed by atoms with Gasteiger partial charge in [0.2, 0.25) is 11.8 Å². The molecule has 41 heavy (non-hydrogen) atoms. The van der Waals surface area contributed by atoms with E-state index in [4.69, 9.17) is 4.74 Å². The average Bonchev–Trinajstić information content (AvgIpc) is 2.98. The SMILES string of the molecule is CC[C@@H](C)NC(=O)[C@H](CC)N(CCc1ccccc1)C(=O)CN(c1ccc(C)cc1)S(=O)(=O)c1ccc(OC)cc1. The van der Waals surface area contributed by atoms with E-state index in [1.54, 1.807) is 36.4 Å². The summed E-state index contributed by atoms with van der Waals surface area (Å²) in [6.45, 7) is 7.47. The maximum atomic E-state index is 14.1. The smallest absolute Gasteiger partial charge is 0.264 e. The number of carbonyl (C=O) groups excluding carboxylic acids is 2. The van der Waals surface area contributed by atoms with Crippen molar-refractivity contribution in [2.75, 3.05) is 24.5 Å². The Hall–Kier alpha value is -3.85. The normalized spacial score (nSPS) is 12.7. The molecule has 2 amide bonds. The predicted molar refractivity (Wildman–Crippen MR) is 163 cm³/mol. The first-order valence-corrected chi connectivity index (χ1v) is 15.4. The number of nitrogens with zero attached hydrogens (tertiary/aromatic N) is 2. The molecule has 0 aliphatic heterocycles. The maximum Gasteiger partial charge on any atom is 0.264 e. The molecule has 3 aromatic rings. The van der Waals surface area contributed by atoms with Crippen molar-refractivity contribution < 1.29 is 22.7 Å². The van der Waals surface area contributed by atoms with Gasteiger partial charge in [-0.3, -0.25) is 13.9 Å². The molecule has 8 nitrogen and oxygen atoms in total. The number of anilines is 1. The van der Waals surface area contributed by atoms with Gasteiger partial charge in [0.1, 0.15) is 18.3 Å². The van der Waals surface area contributed by atoms with Crippen molar-refractivity contribution in [3.63, 3.8) is 0 Å². The Labute approximate surface area is 244 Å². The number of aryl methyl sites for hydroxylation is 1. The molecular weight excluding hydrogens is 538 g/mol. The average molecular weight is 580 g/mol. The highest BCUT2D eigenvalue weighted by molar-refractivity contribution is 7.92. The lowest BCUT2D eigenvalue weighted by atomic mass is 10.1. The van der Waals surface area contributed by atoms with Gasteiger partial charge in [0.25, 0.3) is 10.0 Å². The van der Waals surface area contributed by atoms with Crippen molar-refractivity contribution in [1.29, 1.82) is 0 Å². The minimum absolute atomic E-state index is 0.0315. The van der Waals surface area contributed by atoms with Gasteiger partial charge in [0.15, 0.2) is 0 Å². The minimum atomic E-state index is -4.13. The molecule has 220 valence electrons. The summed E-state index contributed by atoms with van der Waals surface area (Å²) < 4.78 is 34.2. The molecule has 0 radical (unpaired) electrons. The third-order valence-corrected chi connectivity index (χ3v) is 8.91. The van der Waals surface area contributed by atoms with Gasteiger partial charge in [-0.15, -0.1) is 0 Å². The number of hydrogen-bond donors (Lipinski definition) is 1. The third kappa shape index (κ3) is 8.33. The Morgan fingerprint density at radius 2 is 1.54 bits per heavy atom. The first-order valence-electron chi connectivity index (χ1n) is 14.0. The number of nitrogens with one attached hydrogen (secondary N) is 1. The van der Waals surface area contributed by atoms with E-state index in [0.29, 0.717) is 24.3 Å². The number of rotatable bonds is 14. The molecule has 0 unspecified atom stereocenters. The van der Waals surface area contributed by atoms with Gasteiger partial charge in [-0.2, -0.15) is 0 Å². The molecule has 2 atom stereocenters. The standard InChI is InChI=1S/C32H41N3O5S/c1-6-25(4)33-32(37)30(7-2)34(22-21-26-11-9-8-10-12-26)31(36)23-35(27-15-13-24(3)14-16-27)41(38,39)29-19-17-28(40-5)18-20-29/h8-20,25,30H,6-7,21-23H2,1-5H3,(H,33,37)/t25-,30+/m1/s1. The van der Waals surface area contributed by atoms with E-state index in [2.05, 4.69) is 5.32 Å². The first-order chi connectivity index (χ1) is 19.6. The van der Waals surface area contributed by atoms with E-state index < -0.39 is 28.5 Å². The molecule has 0 spiro atoms. The molecule has 0 aliphatic carbocycles. The van der Waals surface area contributed by atoms with Crippen LogP contribution in [0.25, 0.3) is 0 Å². The Balaban J connectivity index is 2.00. The van der Waals surface area contributed by atoms with Crippen LogP contribution >= 0.6 is 0 Å². The molecule has 0 fully saturated rings. The van der Waals surface area contributed by atoms with Crippen molar-refractivity contribution in [3.8, 4) is 5.75 Å². The summed E-state index contributed by atoms with van der Waals surface area (Å²) in [4.78, 5) is 29.0. The Kier molecular flexibility index (Phi) is 11.3. The quantitative estimate of drug-likeness (QED) is 0.291. The van der Waals surface area contributed by atoms with Gasteiger partial charge < -0.3 is 15.0 Å². The largest absolute Gasteiger partial charge is 0.497 e. The molecule has 0 saturated heterocycles. The zero-order valence-corrected chi connectivity index (χ0v) is 25.4. The van der Waals surface area contributed by atoms with Gasteiger partial charge in [-0.05, 0) is 75.1 Å². The van der Waals surface area contributed by atoms with Crippen LogP contribution in [0.2, 0.25) is 0 Å². The van der Waals surface area contributed by atoms with E-state index in [0.717, 1.165) is 21.9 Å². The molecular formula is C32H41N3O5S. The Bertz CT molecular complexity index is 1380. The lowest BCUT2D eigenvalue weighted by Crippen LogP contribution is -2.54. The highest BCUT2D eigenvalue weighted by Gasteiger charge is 2.33. The monoisotopic (exact) mass is 579 g/mol. The lowest BCUT2D eigenvalue weighted by Gasteiger charge is -2.33. The van der Waals surface area contributed by atoms with Crippen LogP contribution in [0, 0.1) is 6.92 Å². The second-order valence-electron chi connectivity index (χ2n) is 10.1.